The molecule has 1 fully saturated rings. The maximum Gasteiger partial charge on any atom is 0.159 e. The van der Waals surface area contributed by atoms with Gasteiger partial charge in [0, 0.05) is 5.56 Å². The number of aliphatic imine (C=N–C) groups is 1. The Hall–Kier alpha value is -2.68. The summed E-state index contributed by atoms with van der Waals surface area (Å²) in [4.78, 5) is 12.5. The molecule has 0 unspecified atom stereocenters. The van der Waals surface area contributed by atoms with Crippen molar-refractivity contribution < 1.29 is 0 Å². The van der Waals surface area contributed by atoms with Crippen molar-refractivity contribution in [1.82, 2.24) is 9.97 Å². The van der Waals surface area contributed by atoms with E-state index >= 15 is 0 Å². The van der Waals surface area contributed by atoms with E-state index in [0.29, 0.717) is 11.5 Å². The smallest absolute Gasteiger partial charge is 0.159 e. The third-order valence-electron chi connectivity index (χ3n) is 4.46. The van der Waals surface area contributed by atoms with Crippen LogP contribution in [0.4, 0.5) is 5.69 Å². The van der Waals surface area contributed by atoms with Gasteiger partial charge in [-0.15, -0.1) is 0 Å². The Bertz CT molecular complexity index is 905. The lowest BCUT2D eigenvalue weighted by molar-refractivity contribution is 0.832. The summed E-state index contributed by atoms with van der Waals surface area (Å²) in [6.07, 6.45) is 7.30. The SMILES string of the molecule is S=C=Nc1cnc(-c2ccc(-c3ccc(CC4CC4)cc3)cc2)nc1. The zero-order valence-electron chi connectivity index (χ0n) is 13.7. The Balaban J connectivity index is 1.51. The van der Waals surface area contributed by atoms with Gasteiger partial charge in [0.25, 0.3) is 0 Å². The van der Waals surface area contributed by atoms with Crippen molar-refractivity contribution in [1.29, 1.82) is 0 Å². The minimum Gasteiger partial charge on any atom is -0.234 e. The van der Waals surface area contributed by atoms with Gasteiger partial charge in [0.05, 0.1) is 17.6 Å². The fourth-order valence-corrected chi connectivity index (χ4v) is 2.99. The van der Waals surface area contributed by atoms with Gasteiger partial charge in [-0.3, -0.25) is 0 Å². The van der Waals surface area contributed by atoms with Crippen LogP contribution >= 0.6 is 12.2 Å². The van der Waals surface area contributed by atoms with Gasteiger partial charge in [0.2, 0.25) is 0 Å². The molecular formula is C21H17N3S. The fraction of sp³-hybridized carbons (Fsp3) is 0.190. The molecule has 3 aromatic rings. The molecule has 0 amide bonds. The van der Waals surface area contributed by atoms with E-state index in [1.54, 1.807) is 12.4 Å². The lowest BCUT2D eigenvalue weighted by Crippen LogP contribution is -1.88. The summed E-state index contributed by atoms with van der Waals surface area (Å²) >= 11 is 4.58. The summed E-state index contributed by atoms with van der Waals surface area (Å²) < 4.78 is 0. The molecule has 0 saturated heterocycles. The summed E-state index contributed by atoms with van der Waals surface area (Å²) in [5.74, 6) is 1.60. The van der Waals surface area contributed by atoms with Gasteiger partial charge < -0.3 is 0 Å². The summed E-state index contributed by atoms with van der Waals surface area (Å²) in [6, 6.07) is 17.2. The van der Waals surface area contributed by atoms with Crippen LogP contribution < -0.4 is 0 Å². The molecule has 122 valence electrons. The number of isothiocyanates is 1. The molecule has 0 atom stereocenters. The van der Waals surface area contributed by atoms with E-state index in [0.717, 1.165) is 11.5 Å². The molecule has 0 bridgehead atoms. The van der Waals surface area contributed by atoms with Gasteiger partial charge in [-0.2, -0.15) is 4.99 Å². The lowest BCUT2D eigenvalue weighted by atomic mass is 10.0. The van der Waals surface area contributed by atoms with Crippen molar-refractivity contribution >= 4 is 23.1 Å². The van der Waals surface area contributed by atoms with Crippen LogP contribution in [0.5, 0.6) is 0 Å². The van der Waals surface area contributed by atoms with Crippen molar-refractivity contribution in [2.75, 3.05) is 0 Å². The topological polar surface area (TPSA) is 38.1 Å². The molecule has 0 aliphatic heterocycles. The predicted octanol–water partition coefficient (Wildman–Crippen LogP) is 5.50. The molecule has 4 rings (SSSR count). The molecule has 0 radical (unpaired) electrons. The number of aromatic nitrogens is 2. The third kappa shape index (κ3) is 3.87. The van der Waals surface area contributed by atoms with Crippen LogP contribution in [-0.4, -0.2) is 15.1 Å². The van der Waals surface area contributed by atoms with Gasteiger partial charge in [0.15, 0.2) is 5.82 Å². The molecule has 2 aromatic carbocycles. The van der Waals surface area contributed by atoms with Crippen LogP contribution in [-0.2, 0) is 6.42 Å². The Labute approximate surface area is 152 Å². The van der Waals surface area contributed by atoms with Crippen molar-refractivity contribution in [3.8, 4) is 22.5 Å². The van der Waals surface area contributed by atoms with Crippen molar-refractivity contribution in [2.24, 2.45) is 10.9 Å². The number of nitrogens with zero attached hydrogens (tertiary/aromatic N) is 3. The van der Waals surface area contributed by atoms with Crippen LogP contribution in [0.1, 0.15) is 18.4 Å². The molecule has 1 heterocycles. The Morgan fingerprint density at radius 1 is 0.880 bits per heavy atom. The van der Waals surface area contributed by atoms with Gasteiger partial charge >= 0.3 is 0 Å². The minimum absolute atomic E-state index is 0.613. The second-order valence-electron chi connectivity index (χ2n) is 6.39. The van der Waals surface area contributed by atoms with E-state index in [2.05, 4.69) is 68.7 Å². The highest BCUT2D eigenvalue weighted by molar-refractivity contribution is 7.78. The average molecular weight is 343 g/mol. The van der Waals surface area contributed by atoms with E-state index in [1.165, 1.54) is 36.0 Å². The van der Waals surface area contributed by atoms with Gasteiger partial charge in [-0.25, -0.2) is 9.97 Å². The van der Waals surface area contributed by atoms with E-state index < -0.39 is 0 Å². The highest BCUT2D eigenvalue weighted by atomic mass is 32.1. The maximum absolute atomic E-state index is 4.58. The number of thiocarbonyl (C=S) groups is 1. The Morgan fingerprint density at radius 3 is 2.00 bits per heavy atom. The molecule has 4 heteroatoms. The molecule has 0 N–H and O–H groups in total. The Morgan fingerprint density at radius 2 is 1.44 bits per heavy atom. The quantitative estimate of drug-likeness (QED) is 0.454. The molecule has 1 saturated carbocycles. The first-order valence-corrected chi connectivity index (χ1v) is 8.82. The summed E-state index contributed by atoms with van der Waals surface area (Å²) in [5, 5.41) is 2.31. The van der Waals surface area contributed by atoms with Crippen LogP contribution in [0, 0.1) is 5.92 Å². The van der Waals surface area contributed by atoms with Crippen LogP contribution in [0.25, 0.3) is 22.5 Å². The van der Waals surface area contributed by atoms with E-state index in [1.807, 2.05) is 12.1 Å². The molecule has 3 nitrogen and oxygen atoms in total. The zero-order valence-corrected chi connectivity index (χ0v) is 14.5. The normalized spacial score (nSPS) is 13.3. The van der Waals surface area contributed by atoms with Crippen LogP contribution in [0.3, 0.4) is 0 Å². The van der Waals surface area contributed by atoms with Crippen molar-refractivity contribution in [3.63, 3.8) is 0 Å². The fourth-order valence-electron chi connectivity index (χ4n) is 2.88. The second-order valence-corrected chi connectivity index (χ2v) is 6.57. The Kier molecular flexibility index (Phi) is 4.47. The number of hydrogen-bond donors (Lipinski definition) is 0. The standard InChI is InChI=1S/C21H17N3S/c25-14-24-20-12-22-21(23-13-20)19-9-7-18(8-10-19)17-5-3-16(4-6-17)11-15-1-2-15/h3-10,12-13,15H,1-2,11H2. The van der Waals surface area contributed by atoms with Gasteiger partial charge in [-0.1, -0.05) is 48.5 Å². The number of benzene rings is 2. The third-order valence-corrected chi connectivity index (χ3v) is 4.56. The summed E-state index contributed by atoms with van der Waals surface area (Å²) in [5.41, 5.74) is 5.46. The van der Waals surface area contributed by atoms with Gasteiger partial charge in [0.1, 0.15) is 5.69 Å². The molecule has 25 heavy (non-hydrogen) atoms. The molecular weight excluding hydrogens is 326 g/mol. The van der Waals surface area contributed by atoms with E-state index in [-0.39, 0.29) is 0 Å². The molecule has 1 aliphatic carbocycles. The first kappa shape index (κ1) is 15.8. The van der Waals surface area contributed by atoms with Crippen molar-refractivity contribution in [2.45, 2.75) is 19.3 Å². The second kappa shape index (κ2) is 7.06. The first-order chi connectivity index (χ1) is 12.3. The van der Waals surface area contributed by atoms with E-state index in [9.17, 15) is 0 Å². The minimum atomic E-state index is 0.613. The van der Waals surface area contributed by atoms with Gasteiger partial charge in [-0.05, 0) is 54.1 Å². The lowest BCUT2D eigenvalue weighted by Gasteiger charge is -2.06. The highest BCUT2D eigenvalue weighted by Gasteiger charge is 2.21. The maximum atomic E-state index is 4.58. The summed E-state index contributed by atoms with van der Waals surface area (Å²) in [6.45, 7) is 0. The first-order valence-electron chi connectivity index (χ1n) is 8.41. The monoisotopic (exact) mass is 343 g/mol. The van der Waals surface area contributed by atoms with E-state index in [4.69, 9.17) is 0 Å². The molecule has 1 aromatic heterocycles. The van der Waals surface area contributed by atoms with Crippen LogP contribution in [0.2, 0.25) is 0 Å². The highest BCUT2D eigenvalue weighted by Crippen LogP contribution is 2.33. The summed E-state index contributed by atoms with van der Waals surface area (Å²) in [7, 11) is 0. The zero-order chi connectivity index (χ0) is 17.1. The average Bonchev–Trinajstić information content (AvgIpc) is 3.48. The number of hydrogen-bond acceptors (Lipinski definition) is 4. The number of rotatable bonds is 5. The van der Waals surface area contributed by atoms with Crippen LogP contribution in [0.15, 0.2) is 65.9 Å². The molecule has 0 spiro atoms. The molecule has 1 aliphatic rings. The van der Waals surface area contributed by atoms with Crippen molar-refractivity contribution in [3.05, 3.63) is 66.5 Å². The largest absolute Gasteiger partial charge is 0.234 e. The predicted molar refractivity (Wildman–Crippen MR) is 104 cm³/mol.